The maximum atomic E-state index is 10.9. The highest BCUT2D eigenvalue weighted by Crippen LogP contribution is 2.29. The second-order valence-corrected chi connectivity index (χ2v) is 6.64. The van der Waals surface area contributed by atoms with Crippen molar-refractivity contribution in [3.63, 3.8) is 0 Å². The highest BCUT2D eigenvalue weighted by Gasteiger charge is 2.15. The predicted octanol–water partition coefficient (Wildman–Crippen LogP) is 5.05. The quantitative estimate of drug-likeness (QED) is 0.859. The number of aryl methyl sites for hydroxylation is 1. The van der Waals surface area contributed by atoms with Gasteiger partial charge in [0.05, 0.1) is 5.56 Å². The van der Waals surface area contributed by atoms with Gasteiger partial charge in [-0.05, 0) is 52.3 Å². The van der Waals surface area contributed by atoms with Crippen molar-refractivity contribution in [2.75, 3.05) is 0 Å². The number of hydrogen-bond donors (Lipinski definition) is 1. The van der Waals surface area contributed by atoms with Crippen LogP contribution in [0.15, 0.2) is 49.0 Å². The van der Waals surface area contributed by atoms with E-state index < -0.39 is 5.97 Å². The highest BCUT2D eigenvalue weighted by molar-refractivity contribution is 5.89. The van der Waals surface area contributed by atoms with E-state index in [1.165, 1.54) is 11.1 Å². The van der Waals surface area contributed by atoms with E-state index in [-0.39, 0.29) is 11.0 Å². The molecule has 0 saturated carbocycles. The molecule has 2 aromatic rings. The van der Waals surface area contributed by atoms with E-state index in [2.05, 4.69) is 52.5 Å². The predicted molar refractivity (Wildman–Crippen MR) is 91.4 cm³/mol. The summed E-state index contributed by atoms with van der Waals surface area (Å²) in [6.45, 7) is 12.8. The first kappa shape index (κ1) is 16.0. The van der Waals surface area contributed by atoms with Gasteiger partial charge in [-0.2, -0.15) is 0 Å². The average Bonchev–Trinajstić information content (AvgIpc) is 2.45. The Balaban J connectivity index is 2.35. The van der Waals surface area contributed by atoms with Crippen molar-refractivity contribution in [1.29, 1.82) is 0 Å². The molecular weight excluding hydrogens is 272 g/mol. The topological polar surface area (TPSA) is 37.3 Å². The SMILES string of the molecule is C=C(c1ccc(C(=O)O)cc1)c1ccc(C(C)(C)C)cc1C. The van der Waals surface area contributed by atoms with Gasteiger partial charge in [-0.15, -0.1) is 0 Å². The van der Waals surface area contributed by atoms with Gasteiger partial charge in [-0.1, -0.05) is 57.7 Å². The molecule has 114 valence electrons. The summed E-state index contributed by atoms with van der Waals surface area (Å²) in [6, 6.07) is 13.3. The molecule has 0 radical (unpaired) electrons. The molecule has 0 heterocycles. The molecule has 2 rings (SSSR count). The van der Waals surface area contributed by atoms with E-state index in [4.69, 9.17) is 5.11 Å². The summed E-state index contributed by atoms with van der Waals surface area (Å²) < 4.78 is 0. The van der Waals surface area contributed by atoms with Crippen LogP contribution in [0.4, 0.5) is 0 Å². The molecule has 2 aromatic carbocycles. The first-order chi connectivity index (χ1) is 10.2. The Morgan fingerprint density at radius 1 is 1.00 bits per heavy atom. The van der Waals surface area contributed by atoms with E-state index in [9.17, 15) is 4.79 Å². The lowest BCUT2D eigenvalue weighted by atomic mass is 9.84. The number of carboxylic acids is 1. The summed E-state index contributed by atoms with van der Waals surface area (Å²) in [5, 5.41) is 8.96. The Bertz CT molecular complexity index is 716. The maximum Gasteiger partial charge on any atom is 0.335 e. The summed E-state index contributed by atoms with van der Waals surface area (Å²) in [7, 11) is 0. The van der Waals surface area contributed by atoms with Gasteiger partial charge in [-0.25, -0.2) is 4.79 Å². The third-order valence-electron chi connectivity index (χ3n) is 3.90. The normalized spacial score (nSPS) is 11.3. The molecule has 0 bridgehead atoms. The number of carbonyl (C=O) groups is 1. The van der Waals surface area contributed by atoms with Crippen molar-refractivity contribution in [3.8, 4) is 0 Å². The second-order valence-electron chi connectivity index (χ2n) is 6.64. The van der Waals surface area contributed by atoms with Crippen LogP contribution in [-0.2, 0) is 5.41 Å². The zero-order valence-electron chi connectivity index (χ0n) is 13.6. The number of carboxylic acid groups (broad SMARTS) is 1. The molecule has 0 fully saturated rings. The molecule has 0 atom stereocenters. The summed E-state index contributed by atoms with van der Waals surface area (Å²) in [5.74, 6) is -0.914. The lowest BCUT2D eigenvalue weighted by Gasteiger charge is -2.21. The van der Waals surface area contributed by atoms with Crippen molar-refractivity contribution in [2.45, 2.75) is 33.1 Å². The van der Waals surface area contributed by atoms with Gasteiger partial charge in [0.2, 0.25) is 0 Å². The third kappa shape index (κ3) is 3.28. The van der Waals surface area contributed by atoms with Gasteiger partial charge in [0.15, 0.2) is 0 Å². The fraction of sp³-hybridized carbons (Fsp3) is 0.250. The first-order valence-corrected chi connectivity index (χ1v) is 7.34. The lowest BCUT2D eigenvalue weighted by Crippen LogP contribution is -2.11. The van der Waals surface area contributed by atoms with Gasteiger partial charge in [0.25, 0.3) is 0 Å². The second kappa shape index (κ2) is 5.80. The number of rotatable bonds is 3. The molecule has 0 aromatic heterocycles. The van der Waals surface area contributed by atoms with Gasteiger partial charge in [0, 0.05) is 0 Å². The van der Waals surface area contributed by atoms with Crippen LogP contribution in [0.2, 0.25) is 0 Å². The zero-order chi connectivity index (χ0) is 16.5. The maximum absolute atomic E-state index is 10.9. The van der Waals surface area contributed by atoms with Crippen LogP contribution in [-0.4, -0.2) is 11.1 Å². The molecule has 0 amide bonds. The monoisotopic (exact) mass is 294 g/mol. The van der Waals surface area contributed by atoms with Gasteiger partial charge < -0.3 is 5.11 Å². The van der Waals surface area contributed by atoms with Crippen LogP contribution in [0.3, 0.4) is 0 Å². The Kier molecular flexibility index (Phi) is 4.23. The van der Waals surface area contributed by atoms with E-state index >= 15 is 0 Å². The molecule has 2 heteroatoms. The zero-order valence-corrected chi connectivity index (χ0v) is 13.6. The minimum atomic E-state index is -0.914. The Labute approximate surface area is 132 Å². The standard InChI is InChI=1S/C20H22O2/c1-13-12-17(20(3,4)5)10-11-18(13)14(2)15-6-8-16(9-7-15)19(21)22/h6-12H,2H2,1,3-5H3,(H,21,22). The van der Waals surface area contributed by atoms with Crippen LogP contribution in [0, 0.1) is 6.92 Å². The first-order valence-electron chi connectivity index (χ1n) is 7.34. The van der Waals surface area contributed by atoms with Crippen LogP contribution in [0.25, 0.3) is 5.57 Å². The van der Waals surface area contributed by atoms with E-state index in [1.54, 1.807) is 12.1 Å². The van der Waals surface area contributed by atoms with Crippen molar-refractivity contribution >= 4 is 11.5 Å². The Morgan fingerprint density at radius 2 is 1.55 bits per heavy atom. The fourth-order valence-corrected chi connectivity index (χ4v) is 2.44. The van der Waals surface area contributed by atoms with Crippen molar-refractivity contribution in [3.05, 3.63) is 76.9 Å². The Morgan fingerprint density at radius 3 is 2.00 bits per heavy atom. The van der Waals surface area contributed by atoms with E-state index in [1.807, 2.05) is 12.1 Å². The van der Waals surface area contributed by atoms with Crippen LogP contribution in [0.5, 0.6) is 0 Å². The number of hydrogen-bond acceptors (Lipinski definition) is 1. The van der Waals surface area contributed by atoms with Crippen LogP contribution < -0.4 is 0 Å². The average molecular weight is 294 g/mol. The van der Waals surface area contributed by atoms with Gasteiger partial charge in [0.1, 0.15) is 0 Å². The molecular formula is C20H22O2. The molecule has 22 heavy (non-hydrogen) atoms. The summed E-state index contributed by atoms with van der Waals surface area (Å²) in [6.07, 6.45) is 0. The molecule has 0 aliphatic heterocycles. The molecule has 2 nitrogen and oxygen atoms in total. The molecule has 0 spiro atoms. The Hall–Kier alpha value is -2.35. The highest BCUT2D eigenvalue weighted by atomic mass is 16.4. The van der Waals surface area contributed by atoms with Crippen LogP contribution in [0.1, 0.15) is 53.4 Å². The third-order valence-corrected chi connectivity index (χ3v) is 3.90. The summed E-state index contributed by atoms with van der Waals surface area (Å²) >= 11 is 0. The molecule has 0 saturated heterocycles. The van der Waals surface area contributed by atoms with Gasteiger partial charge >= 0.3 is 5.97 Å². The fourth-order valence-electron chi connectivity index (χ4n) is 2.44. The molecule has 0 aliphatic rings. The lowest BCUT2D eigenvalue weighted by molar-refractivity contribution is 0.0697. The van der Waals surface area contributed by atoms with Crippen LogP contribution >= 0.6 is 0 Å². The summed E-state index contributed by atoms with van der Waals surface area (Å²) in [5.41, 5.74) is 5.83. The molecule has 0 unspecified atom stereocenters. The minimum absolute atomic E-state index is 0.119. The van der Waals surface area contributed by atoms with Crippen molar-refractivity contribution in [1.82, 2.24) is 0 Å². The summed E-state index contributed by atoms with van der Waals surface area (Å²) in [4.78, 5) is 10.9. The van der Waals surface area contributed by atoms with Crippen molar-refractivity contribution in [2.24, 2.45) is 0 Å². The van der Waals surface area contributed by atoms with E-state index in [0.717, 1.165) is 16.7 Å². The van der Waals surface area contributed by atoms with E-state index in [0.29, 0.717) is 0 Å². The smallest absolute Gasteiger partial charge is 0.335 e. The molecule has 1 N–H and O–H groups in total. The minimum Gasteiger partial charge on any atom is -0.478 e. The van der Waals surface area contributed by atoms with Gasteiger partial charge in [-0.3, -0.25) is 0 Å². The largest absolute Gasteiger partial charge is 0.478 e. The molecule has 0 aliphatic carbocycles. The number of aromatic carboxylic acids is 1. The van der Waals surface area contributed by atoms with Crippen molar-refractivity contribution < 1.29 is 9.90 Å². The number of benzene rings is 2.